The van der Waals surface area contributed by atoms with Crippen molar-refractivity contribution in [2.75, 3.05) is 18.2 Å². The van der Waals surface area contributed by atoms with Gasteiger partial charge < -0.3 is 10.1 Å². The zero-order chi connectivity index (χ0) is 29.5. The second-order valence-corrected chi connectivity index (χ2v) is 9.72. The van der Waals surface area contributed by atoms with Crippen LogP contribution in [0.3, 0.4) is 0 Å². The number of hydrogen-bond donors (Lipinski definition) is 1. The lowest BCUT2D eigenvalue weighted by atomic mass is 9.92. The molecule has 38 heavy (non-hydrogen) atoms. The van der Waals surface area contributed by atoms with E-state index in [4.69, 9.17) is 0 Å². The average molecular weight is 583 g/mol. The Morgan fingerprint density at radius 2 is 1.34 bits per heavy atom. The first-order valence-corrected chi connectivity index (χ1v) is 11.6. The fraction of sp³-hybridized carbons (Fsp3) is 0.333. The minimum atomic E-state index is -6.53. The van der Waals surface area contributed by atoms with Gasteiger partial charge in [-0.1, -0.05) is 13.0 Å². The molecule has 0 aliphatic carbocycles. The molecule has 2 rings (SSSR count). The Balaban J connectivity index is 2.70. The van der Waals surface area contributed by atoms with E-state index < -0.39 is 84.5 Å². The van der Waals surface area contributed by atoms with Crippen LogP contribution in [0.15, 0.2) is 41.3 Å². The van der Waals surface area contributed by atoms with Crippen molar-refractivity contribution in [3.8, 4) is 0 Å². The molecule has 1 amide bonds. The molecule has 0 spiro atoms. The maximum absolute atomic E-state index is 14.5. The van der Waals surface area contributed by atoms with Gasteiger partial charge in [0.05, 0.1) is 40.1 Å². The summed E-state index contributed by atoms with van der Waals surface area (Å²) in [6.45, 7) is 1.05. The van der Waals surface area contributed by atoms with E-state index >= 15 is 0 Å². The number of benzene rings is 2. The molecule has 0 aliphatic rings. The van der Waals surface area contributed by atoms with Crippen LogP contribution in [-0.2, 0) is 26.4 Å². The third-order valence-electron chi connectivity index (χ3n) is 5.12. The molecule has 0 atom stereocenters. The molecule has 17 heteroatoms. The zero-order valence-corrected chi connectivity index (χ0v) is 19.7. The van der Waals surface area contributed by atoms with Crippen molar-refractivity contribution in [3.05, 3.63) is 58.7 Å². The molecule has 0 fully saturated rings. The summed E-state index contributed by atoms with van der Waals surface area (Å²) < 4.78 is 161. The number of ether oxygens (including phenoxy) is 1. The van der Waals surface area contributed by atoms with E-state index in [1.165, 1.54) is 0 Å². The van der Waals surface area contributed by atoms with Gasteiger partial charge in [-0.15, -0.1) is 0 Å². The first-order chi connectivity index (χ1) is 17.1. The summed E-state index contributed by atoms with van der Waals surface area (Å²) in [5, 5.41) is 1.82. The molecule has 0 saturated heterocycles. The highest BCUT2D eigenvalue weighted by Crippen LogP contribution is 2.53. The standard InChI is InChI=1S/C21H15F10NO5S/c1-3-38(35,36)15-9-11(19(23,24)25)4-6-12(15)16(33)32-14-7-5-10(8-13(14)17(34)37-2)18(22,20(26,27)28)21(29,30)31/h4-9H,3H2,1-2H3,(H,32,33). The summed E-state index contributed by atoms with van der Waals surface area (Å²) in [6.07, 6.45) is -18.1. The number of nitrogens with one attached hydrogen (secondary N) is 1. The lowest BCUT2D eigenvalue weighted by molar-refractivity contribution is -0.348. The number of alkyl halides is 10. The van der Waals surface area contributed by atoms with Crippen LogP contribution in [-0.4, -0.2) is 45.5 Å². The van der Waals surface area contributed by atoms with Crippen molar-refractivity contribution in [3.63, 3.8) is 0 Å². The highest BCUT2D eigenvalue weighted by molar-refractivity contribution is 7.91. The lowest BCUT2D eigenvalue weighted by Gasteiger charge is -2.30. The highest BCUT2D eigenvalue weighted by Gasteiger charge is 2.73. The largest absolute Gasteiger partial charge is 0.465 e. The highest BCUT2D eigenvalue weighted by atomic mass is 32.2. The summed E-state index contributed by atoms with van der Waals surface area (Å²) in [6, 6.07) is 1.02. The Bertz CT molecular complexity index is 1330. The van der Waals surface area contributed by atoms with Gasteiger partial charge in [0.2, 0.25) is 0 Å². The Morgan fingerprint density at radius 1 is 0.816 bits per heavy atom. The molecular formula is C21H15F10NO5S. The minimum absolute atomic E-state index is 0.0422. The van der Waals surface area contributed by atoms with Crippen molar-refractivity contribution in [1.82, 2.24) is 0 Å². The average Bonchev–Trinajstić information content (AvgIpc) is 2.80. The minimum Gasteiger partial charge on any atom is -0.465 e. The lowest BCUT2D eigenvalue weighted by Crippen LogP contribution is -2.50. The van der Waals surface area contributed by atoms with Gasteiger partial charge in [0, 0.05) is 5.56 Å². The summed E-state index contributed by atoms with van der Waals surface area (Å²) in [5.41, 5.74) is -12.5. The second kappa shape index (κ2) is 10.1. The van der Waals surface area contributed by atoms with E-state index in [0.717, 1.165) is 6.92 Å². The van der Waals surface area contributed by atoms with E-state index in [1.54, 1.807) is 0 Å². The van der Waals surface area contributed by atoms with Crippen molar-refractivity contribution in [2.45, 2.75) is 36.0 Å². The SMILES string of the molecule is CCS(=O)(=O)c1cc(C(F)(F)F)ccc1C(=O)Nc1ccc(C(F)(C(F)(F)F)C(F)(F)F)cc1C(=O)OC. The van der Waals surface area contributed by atoms with Crippen molar-refractivity contribution in [2.24, 2.45) is 0 Å². The van der Waals surface area contributed by atoms with Crippen molar-refractivity contribution in [1.29, 1.82) is 0 Å². The number of rotatable bonds is 6. The molecule has 1 N–H and O–H groups in total. The molecule has 0 bridgehead atoms. The van der Waals surface area contributed by atoms with Crippen LogP contribution < -0.4 is 5.32 Å². The Labute approximate surface area is 207 Å². The van der Waals surface area contributed by atoms with E-state index in [2.05, 4.69) is 4.74 Å². The second-order valence-electron chi connectivity index (χ2n) is 7.47. The number of halogens is 10. The van der Waals surface area contributed by atoms with Gasteiger partial charge >= 0.3 is 30.2 Å². The fourth-order valence-electron chi connectivity index (χ4n) is 3.12. The molecular weight excluding hydrogens is 568 g/mol. The van der Waals surface area contributed by atoms with Gasteiger partial charge in [-0.2, -0.15) is 39.5 Å². The molecule has 0 heterocycles. The van der Waals surface area contributed by atoms with Crippen LogP contribution in [0.4, 0.5) is 49.6 Å². The normalized spacial score (nSPS) is 13.3. The van der Waals surface area contributed by atoms with Crippen molar-refractivity contribution < 1.29 is 66.6 Å². The topological polar surface area (TPSA) is 89.5 Å². The van der Waals surface area contributed by atoms with Crippen LogP contribution in [0.2, 0.25) is 0 Å². The first-order valence-electron chi connectivity index (χ1n) is 9.92. The summed E-state index contributed by atoms with van der Waals surface area (Å²) in [4.78, 5) is 23.8. The van der Waals surface area contributed by atoms with E-state index in [-0.39, 0.29) is 24.3 Å². The van der Waals surface area contributed by atoms with Crippen LogP contribution >= 0.6 is 0 Å². The number of amides is 1. The van der Waals surface area contributed by atoms with Gasteiger partial charge in [0.25, 0.3) is 5.91 Å². The van der Waals surface area contributed by atoms with E-state index in [0.29, 0.717) is 19.2 Å². The molecule has 0 aliphatic heterocycles. The number of carbonyl (C=O) groups excluding carboxylic acids is 2. The first kappa shape index (κ1) is 30.9. The summed E-state index contributed by atoms with van der Waals surface area (Å²) >= 11 is 0. The smallest absolute Gasteiger partial charge is 0.435 e. The van der Waals surface area contributed by atoms with Gasteiger partial charge in [-0.3, -0.25) is 4.79 Å². The predicted octanol–water partition coefficient (Wildman–Crippen LogP) is 5.83. The molecule has 0 unspecified atom stereocenters. The molecule has 0 aromatic heterocycles. The van der Waals surface area contributed by atoms with Gasteiger partial charge in [-0.25, -0.2) is 17.6 Å². The summed E-state index contributed by atoms with van der Waals surface area (Å²) in [7, 11) is -3.84. The number of carbonyl (C=O) groups is 2. The van der Waals surface area contributed by atoms with Crippen LogP contribution in [0.25, 0.3) is 0 Å². The van der Waals surface area contributed by atoms with E-state index in [1.807, 2.05) is 5.32 Å². The number of sulfone groups is 1. The quantitative estimate of drug-likeness (QED) is 0.342. The molecule has 210 valence electrons. The molecule has 0 radical (unpaired) electrons. The van der Waals surface area contributed by atoms with E-state index in [9.17, 15) is 61.9 Å². The number of hydrogen-bond acceptors (Lipinski definition) is 5. The van der Waals surface area contributed by atoms with Crippen molar-refractivity contribution >= 4 is 27.4 Å². The molecule has 6 nitrogen and oxygen atoms in total. The van der Waals surface area contributed by atoms with Crippen LogP contribution in [0.1, 0.15) is 38.8 Å². The van der Waals surface area contributed by atoms with Crippen LogP contribution in [0, 0.1) is 0 Å². The monoisotopic (exact) mass is 583 g/mol. The zero-order valence-electron chi connectivity index (χ0n) is 18.9. The number of methoxy groups -OCH3 is 1. The Morgan fingerprint density at radius 3 is 1.79 bits per heavy atom. The third-order valence-corrected chi connectivity index (χ3v) is 6.89. The molecule has 2 aromatic carbocycles. The predicted molar refractivity (Wildman–Crippen MR) is 110 cm³/mol. The Hall–Kier alpha value is -3.37. The maximum atomic E-state index is 14.5. The molecule has 2 aromatic rings. The summed E-state index contributed by atoms with van der Waals surface area (Å²) in [5.74, 6) is -3.91. The number of esters is 1. The van der Waals surface area contributed by atoms with Crippen LogP contribution in [0.5, 0.6) is 0 Å². The molecule has 0 saturated carbocycles. The third kappa shape index (κ3) is 5.71. The maximum Gasteiger partial charge on any atom is 0.435 e. The van der Waals surface area contributed by atoms with Gasteiger partial charge in [-0.05, 0) is 30.3 Å². The fourth-order valence-corrected chi connectivity index (χ4v) is 4.24. The van der Waals surface area contributed by atoms with Gasteiger partial charge in [0.1, 0.15) is 0 Å². The number of anilines is 1. The Kier molecular flexibility index (Phi) is 8.18. The van der Waals surface area contributed by atoms with Gasteiger partial charge in [0.15, 0.2) is 9.84 Å².